The van der Waals surface area contributed by atoms with Gasteiger partial charge in [0.15, 0.2) is 5.58 Å². The molecule has 1 aromatic heterocycles. The summed E-state index contributed by atoms with van der Waals surface area (Å²) in [5, 5.41) is 0. The molecular formula is C18H17BrN2O6S. The highest BCUT2D eigenvalue weighted by molar-refractivity contribution is 9.10. The third kappa shape index (κ3) is 4.18. The highest BCUT2D eigenvalue weighted by Gasteiger charge is 2.25. The predicted molar refractivity (Wildman–Crippen MR) is 105 cm³/mol. The second kappa shape index (κ2) is 7.90. The Bertz CT molecular complexity index is 1200. The Balaban J connectivity index is 1.98. The summed E-state index contributed by atoms with van der Waals surface area (Å²) in [6, 6.07) is 10.2. The second-order valence-corrected chi connectivity index (χ2v) is 8.70. The monoisotopic (exact) mass is 468 g/mol. The Morgan fingerprint density at radius 2 is 2.04 bits per heavy atom. The van der Waals surface area contributed by atoms with Gasteiger partial charge >= 0.3 is 11.7 Å². The molecule has 1 heterocycles. The van der Waals surface area contributed by atoms with Crippen LogP contribution in [0.1, 0.15) is 18.0 Å². The molecule has 0 aliphatic carbocycles. The van der Waals surface area contributed by atoms with Crippen LogP contribution in [0.25, 0.3) is 11.1 Å². The number of sulfonamides is 1. The first-order valence-electron chi connectivity index (χ1n) is 8.15. The topological polar surface area (TPSA) is 108 Å². The van der Waals surface area contributed by atoms with Crippen LogP contribution in [0.2, 0.25) is 0 Å². The molecular weight excluding hydrogens is 452 g/mol. The smallest absolute Gasteiger partial charge is 0.419 e. The zero-order valence-electron chi connectivity index (χ0n) is 15.0. The molecule has 0 bridgehead atoms. The molecule has 1 N–H and O–H groups in total. The zero-order chi connectivity index (χ0) is 20.5. The van der Waals surface area contributed by atoms with E-state index in [0.717, 1.165) is 4.47 Å². The van der Waals surface area contributed by atoms with Crippen LogP contribution in [-0.2, 0) is 26.6 Å². The summed E-state index contributed by atoms with van der Waals surface area (Å²) in [7, 11) is -1.25. The number of halogens is 1. The lowest BCUT2D eigenvalue weighted by Crippen LogP contribution is -2.30. The first kappa shape index (κ1) is 20.3. The third-order valence-corrected chi connectivity index (χ3v) is 6.18. The quantitative estimate of drug-likeness (QED) is 0.556. The Labute approximate surface area is 169 Å². The number of nitrogens with zero attached hydrogens (tertiary/aromatic N) is 1. The highest BCUT2D eigenvalue weighted by atomic mass is 79.9. The summed E-state index contributed by atoms with van der Waals surface area (Å²) in [6.07, 6.45) is -0.186. The molecule has 0 spiro atoms. The van der Waals surface area contributed by atoms with E-state index in [0.29, 0.717) is 11.1 Å². The van der Waals surface area contributed by atoms with Gasteiger partial charge in [0, 0.05) is 17.6 Å². The van der Waals surface area contributed by atoms with Crippen molar-refractivity contribution in [3.63, 3.8) is 0 Å². The summed E-state index contributed by atoms with van der Waals surface area (Å²) >= 11 is 3.34. The molecule has 0 amide bonds. The van der Waals surface area contributed by atoms with Crippen LogP contribution in [0.4, 0.5) is 0 Å². The van der Waals surface area contributed by atoms with Crippen molar-refractivity contribution in [1.82, 2.24) is 9.29 Å². The molecule has 28 heavy (non-hydrogen) atoms. The number of carbonyl (C=O) groups is 1. The van der Waals surface area contributed by atoms with Gasteiger partial charge in [-0.3, -0.25) is 9.36 Å². The molecule has 0 aliphatic heterocycles. The number of ether oxygens (including phenoxy) is 1. The van der Waals surface area contributed by atoms with Crippen molar-refractivity contribution >= 4 is 43.0 Å². The molecule has 3 rings (SSSR count). The number of aromatic nitrogens is 1. The van der Waals surface area contributed by atoms with Crippen LogP contribution in [0.15, 0.2) is 61.0 Å². The number of carbonyl (C=O) groups excluding carboxylic acids is 1. The number of fused-ring (bicyclic) bond motifs is 1. The van der Waals surface area contributed by atoms with Crippen LogP contribution in [0.3, 0.4) is 0 Å². The van der Waals surface area contributed by atoms with Crippen molar-refractivity contribution < 1.29 is 22.4 Å². The Morgan fingerprint density at radius 1 is 1.29 bits per heavy atom. The van der Waals surface area contributed by atoms with Crippen molar-refractivity contribution in [2.75, 3.05) is 7.11 Å². The number of nitrogens with one attached hydrogen (secondary N) is 1. The van der Waals surface area contributed by atoms with Crippen LogP contribution in [-0.4, -0.2) is 26.1 Å². The molecule has 1 unspecified atom stereocenters. The number of rotatable bonds is 6. The van der Waals surface area contributed by atoms with Gasteiger partial charge in [-0.15, -0.1) is 0 Å². The fraction of sp³-hybridized carbons (Fsp3) is 0.222. The van der Waals surface area contributed by atoms with Gasteiger partial charge in [-0.1, -0.05) is 28.1 Å². The molecule has 10 heteroatoms. The highest BCUT2D eigenvalue weighted by Crippen LogP contribution is 2.25. The van der Waals surface area contributed by atoms with Gasteiger partial charge in [-0.05, 0) is 29.8 Å². The van der Waals surface area contributed by atoms with E-state index in [1.165, 1.54) is 36.9 Å². The van der Waals surface area contributed by atoms with Crippen molar-refractivity contribution in [3.8, 4) is 0 Å². The number of methoxy groups -OCH3 is 1. The summed E-state index contributed by atoms with van der Waals surface area (Å²) < 4.78 is 40.1. The Kier molecular flexibility index (Phi) is 5.73. The minimum absolute atomic E-state index is 0.0841. The maximum atomic E-state index is 12.9. The van der Waals surface area contributed by atoms with Crippen LogP contribution < -0.4 is 10.5 Å². The van der Waals surface area contributed by atoms with E-state index in [4.69, 9.17) is 4.42 Å². The number of hydrogen-bond acceptors (Lipinski definition) is 6. The van der Waals surface area contributed by atoms with Gasteiger partial charge in [0.05, 0.1) is 30.0 Å². The SMILES string of the molecule is COC(=O)CC(NS(=O)(=O)c1ccc2c(c1)oc(=O)n2C)c1cccc(Br)c1. The molecule has 0 saturated carbocycles. The van der Waals surface area contributed by atoms with E-state index in [1.54, 1.807) is 24.3 Å². The van der Waals surface area contributed by atoms with Gasteiger partial charge in [0.25, 0.3) is 0 Å². The molecule has 1 atom stereocenters. The lowest BCUT2D eigenvalue weighted by atomic mass is 10.1. The van der Waals surface area contributed by atoms with Crippen molar-refractivity contribution in [2.45, 2.75) is 17.4 Å². The lowest BCUT2D eigenvalue weighted by Gasteiger charge is -2.18. The summed E-state index contributed by atoms with van der Waals surface area (Å²) in [5.41, 5.74) is 1.22. The van der Waals surface area contributed by atoms with E-state index in [2.05, 4.69) is 25.4 Å². The average Bonchev–Trinajstić information content (AvgIpc) is 2.94. The minimum atomic E-state index is -4.01. The van der Waals surface area contributed by atoms with E-state index in [9.17, 15) is 18.0 Å². The maximum Gasteiger partial charge on any atom is 0.419 e. The summed E-state index contributed by atoms with van der Waals surface area (Å²) in [6.45, 7) is 0. The fourth-order valence-corrected chi connectivity index (χ4v) is 4.39. The fourth-order valence-electron chi connectivity index (χ4n) is 2.74. The minimum Gasteiger partial charge on any atom is -0.469 e. The number of oxazole rings is 1. The van der Waals surface area contributed by atoms with E-state index in [-0.39, 0.29) is 16.9 Å². The number of benzene rings is 2. The normalized spacial score (nSPS) is 12.8. The first-order chi connectivity index (χ1) is 13.2. The lowest BCUT2D eigenvalue weighted by molar-refractivity contribution is -0.141. The van der Waals surface area contributed by atoms with E-state index in [1.807, 2.05) is 0 Å². The average molecular weight is 469 g/mol. The molecule has 0 saturated heterocycles. The molecule has 0 aliphatic rings. The second-order valence-electron chi connectivity index (χ2n) is 6.07. The summed E-state index contributed by atoms with van der Waals surface area (Å²) in [5.74, 6) is -1.15. The van der Waals surface area contributed by atoms with Gasteiger partial charge < -0.3 is 9.15 Å². The van der Waals surface area contributed by atoms with E-state index >= 15 is 0 Å². The zero-order valence-corrected chi connectivity index (χ0v) is 17.4. The number of hydrogen-bond donors (Lipinski definition) is 1. The predicted octanol–water partition coefficient (Wildman–Crippen LogP) is 2.48. The van der Waals surface area contributed by atoms with Crippen LogP contribution in [0, 0.1) is 0 Å². The standard InChI is InChI=1S/C18H17BrN2O6S/c1-21-15-7-6-13(9-16(15)27-18(21)23)28(24,25)20-14(10-17(22)26-2)11-4-3-5-12(19)8-11/h3-9,14,20H,10H2,1-2H3. The Hall–Kier alpha value is -2.43. The van der Waals surface area contributed by atoms with Crippen molar-refractivity contribution in [2.24, 2.45) is 7.05 Å². The van der Waals surface area contributed by atoms with Gasteiger partial charge in [-0.25, -0.2) is 17.9 Å². The molecule has 0 fully saturated rings. The Morgan fingerprint density at radius 3 is 2.71 bits per heavy atom. The summed E-state index contributed by atoms with van der Waals surface area (Å²) in [4.78, 5) is 23.3. The molecule has 8 nitrogen and oxygen atoms in total. The largest absolute Gasteiger partial charge is 0.469 e. The van der Waals surface area contributed by atoms with E-state index < -0.39 is 27.8 Å². The van der Waals surface area contributed by atoms with Gasteiger partial charge in [0.2, 0.25) is 10.0 Å². The maximum absolute atomic E-state index is 12.9. The van der Waals surface area contributed by atoms with Crippen molar-refractivity contribution in [1.29, 1.82) is 0 Å². The molecule has 148 valence electrons. The number of aryl methyl sites for hydroxylation is 1. The molecule has 3 aromatic rings. The first-order valence-corrected chi connectivity index (χ1v) is 10.4. The van der Waals surface area contributed by atoms with Gasteiger partial charge in [0.1, 0.15) is 0 Å². The van der Waals surface area contributed by atoms with Crippen molar-refractivity contribution in [3.05, 3.63) is 63.1 Å². The molecule has 0 radical (unpaired) electrons. The number of esters is 1. The van der Waals surface area contributed by atoms with Gasteiger partial charge in [-0.2, -0.15) is 0 Å². The van der Waals surface area contributed by atoms with Crippen LogP contribution in [0.5, 0.6) is 0 Å². The third-order valence-electron chi connectivity index (χ3n) is 4.22. The molecule has 2 aromatic carbocycles. The van der Waals surface area contributed by atoms with Crippen LogP contribution >= 0.6 is 15.9 Å².